The zero-order valence-corrected chi connectivity index (χ0v) is 11.6. The first-order valence-electron chi connectivity index (χ1n) is 7.51. The second-order valence-electron chi connectivity index (χ2n) is 5.87. The van der Waals surface area contributed by atoms with Crippen molar-refractivity contribution >= 4 is 0 Å². The van der Waals surface area contributed by atoms with Crippen molar-refractivity contribution in [1.29, 1.82) is 0 Å². The number of nitrogens with zero attached hydrogens (tertiary/aromatic N) is 1. The van der Waals surface area contributed by atoms with Gasteiger partial charge in [-0.05, 0) is 49.3 Å². The van der Waals surface area contributed by atoms with E-state index in [0.717, 1.165) is 36.4 Å². The normalized spacial score (nSPS) is 18.8. The van der Waals surface area contributed by atoms with E-state index in [2.05, 4.69) is 4.90 Å². The van der Waals surface area contributed by atoms with Crippen LogP contribution in [0, 0.1) is 5.92 Å². The molecule has 0 heterocycles. The maximum absolute atomic E-state index is 5.86. The quantitative estimate of drug-likeness (QED) is 0.780. The van der Waals surface area contributed by atoms with Crippen LogP contribution in [0.5, 0.6) is 5.75 Å². The average molecular weight is 260 g/mol. The Morgan fingerprint density at radius 3 is 2.74 bits per heavy atom. The van der Waals surface area contributed by atoms with Gasteiger partial charge in [-0.15, -0.1) is 0 Å². The van der Waals surface area contributed by atoms with Gasteiger partial charge in [-0.1, -0.05) is 12.1 Å². The van der Waals surface area contributed by atoms with E-state index in [1.54, 1.807) is 0 Å². The summed E-state index contributed by atoms with van der Waals surface area (Å²) >= 11 is 0. The Hall–Kier alpha value is -1.06. The van der Waals surface area contributed by atoms with Gasteiger partial charge in [0, 0.05) is 25.7 Å². The summed E-state index contributed by atoms with van der Waals surface area (Å²) in [5, 5.41) is 0. The maximum atomic E-state index is 5.86. The Balaban J connectivity index is 1.45. The number of benzene rings is 1. The summed E-state index contributed by atoms with van der Waals surface area (Å²) in [6.45, 7) is 3.72. The van der Waals surface area contributed by atoms with Crippen molar-refractivity contribution < 1.29 is 4.74 Å². The third kappa shape index (κ3) is 3.95. The molecule has 2 N–H and O–H groups in total. The minimum atomic E-state index is 0.576. The third-order valence-electron chi connectivity index (χ3n) is 4.03. The van der Waals surface area contributed by atoms with Crippen molar-refractivity contribution in [2.24, 2.45) is 11.7 Å². The maximum Gasteiger partial charge on any atom is 0.119 e. The summed E-state index contributed by atoms with van der Waals surface area (Å²) in [6.07, 6.45) is 5.63. The molecule has 1 aromatic rings. The number of hydrogen-bond donors (Lipinski definition) is 1. The van der Waals surface area contributed by atoms with Gasteiger partial charge in [-0.3, -0.25) is 4.90 Å². The minimum Gasteiger partial charge on any atom is -0.492 e. The SMILES string of the molecule is NCc1cccc(OCCN(CC2CC2)C2CC2)c1. The van der Waals surface area contributed by atoms with E-state index in [0.29, 0.717) is 6.54 Å². The molecule has 0 amide bonds. The van der Waals surface area contributed by atoms with Crippen molar-refractivity contribution in [3.63, 3.8) is 0 Å². The molecule has 0 atom stereocenters. The van der Waals surface area contributed by atoms with E-state index in [4.69, 9.17) is 10.5 Å². The number of rotatable bonds is 8. The van der Waals surface area contributed by atoms with Gasteiger partial charge in [0.25, 0.3) is 0 Å². The molecule has 0 radical (unpaired) electrons. The fourth-order valence-electron chi connectivity index (χ4n) is 2.54. The van der Waals surface area contributed by atoms with Gasteiger partial charge in [0.2, 0.25) is 0 Å². The smallest absolute Gasteiger partial charge is 0.119 e. The van der Waals surface area contributed by atoms with Crippen molar-refractivity contribution in [1.82, 2.24) is 4.90 Å². The summed E-state index contributed by atoms with van der Waals surface area (Å²) in [6, 6.07) is 8.96. The molecule has 2 saturated carbocycles. The monoisotopic (exact) mass is 260 g/mol. The summed E-state index contributed by atoms with van der Waals surface area (Å²) in [4.78, 5) is 2.63. The molecule has 0 unspecified atom stereocenters. The van der Waals surface area contributed by atoms with Crippen LogP contribution in [0.2, 0.25) is 0 Å². The highest BCUT2D eigenvalue weighted by molar-refractivity contribution is 5.28. The van der Waals surface area contributed by atoms with Crippen LogP contribution in [-0.2, 0) is 6.54 Å². The minimum absolute atomic E-state index is 0.576. The fraction of sp³-hybridized carbons (Fsp3) is 0.625. The van der Waals surface area contributed by atoms with Gasteiger partial charge >= 0.3 is 0 Å². The molecule has 2 fully saturated rings. The van der Waals surface area contributed by atoms with Gasteiger partial charge in [0.15, 0.2) is 0 Å². The number of nitrogens with two attached hydrogens (primary N) is 1. The highest BCUT2D eigenvalue weighted by Crippen LogP contribution is 2.34. The molecule has 3 rings (SSSR count). The van der Waals surface area contributed by atoms with E-state index in [-0.39, 0.29) is 0 Å². The molecular formula is C16H24N2O. The van der Waals surface area contributed by atoms with Gasteiger partial charge < -0.3 is 10.5 Å². The lowest BCUT2D eigenvalue weighted by Gasteiger charge is -2.21. The van der Waals surface area contributed by atoms with Gasteiger partial charge in [-0.25, -0.2) is 0 Å². The van der Waals surface area contributed by atoms with Crippen molar-refractivity contribution in [2.45, 2.75) is 38.3 Å². The van der Waals surface area contributed by atoms with Crippen LogP contribution in [-0.4, -0.2) is 30.6 Å². The number of ether oxygens (including phenoxy) is 1. The predicted molar refractivity (Wildman–Crippen MR) is 77.1 cm³/mol. The Bertz CT molecular complexity index is 413. The molecule has 0 aliphatic heterocycles. The van der Waals surface area contributed by atoms with Crippen LogP contribution in [0.25, 0.3) is 0 Å². The van der Waals surface area contributed by atoms with Crippen LogP contribution in [0.4, 0.5) is 0 Å². The van der Waals surface area contributed by atoms with Crippen LogP contribution < -0.4 is 10.5 Å². The first kappa shape index (κ1) is 12.9. The summed E-state index contributed by atoms with van der Waals surface area (Å²) in [5.74, 6) is 1.92. The Kier molecular flexibility index (Phi) is 4.04. The molecule has 0 aromatic heterocycles. The van der Waals surface area contributed by atoms with Gasteiger partial charge in [0.05, 0.1) is 0 Å². The molecule has 2 aliphatic carbocycles. The van der Waals surface area contributed by atoms with Crippen LogP contribution >= 0.6 is 0 Å². The largest absolute Gasteiger partial charge is 0.492 e. The Morgan fingerprint density at radius 1 is 1.21 bits per heavy atom. The van der Waals surface area contributed by atoms with E-state index in [1.807, 2.05) is 24.3 Å². The van der Waals surface area contributed by atoms with E-state index in [9.17, 15) is 0 Å². The Morgan fingerprint density at radius 2 is 2.05 bits per heavy atom. The van der Waals surface area contributed by atoms with E-state index < -0.39 is 0 Å². The molecule has 104 valence electrons. The van der Waals surface area contributed by atoms with Crippen molar-refractivity contribution in [3.8, 4) is 5.75 Å². The fourth-order valence-corrected chi connectivity index (χ4v) is 2.54. The van der Waals surface area contributed by atoms with Gasteiger partial charge in [0.1, 0.15) is 12.4 Å². The molecule has 0 saturated heterocycles. The lowest BCUT2D eigenvalue weighted by atomic mass is 10.2. The first-order valence-corrected chi connectivity index (χ1v) is 7.51. The van der Waals surface area contributed by atoms with Crippen LogP contribution in [0.15, 0.2) is 24.3 Å². The zero-order valence-electron chi connectivity index (χ0n) is 11.6. The van der Waals surface area contributed by atoms with Crippen LogP contribution in [0.3, 0.4) is 0 Å². The molecular weight excluding hydrogens is 236 g/mol. The van der Waals surface area contributed by atoms with Crippen LogP contribution in [0.1, 0.15) is 31.2 Å². The molecule has 3 nitrogen and oxygen atoms in total. The summed E-state index contributed by atoms with van der Waals surface area (Å²) < 4.78 is 5.86. The highest BCUT2D eigenvalue weighted by Gasteiger charge is 2.33. The molecule has 3 heteroatoms. The standard InChI is InChI=1S/C16H24N2O/c17-11-14-2-1-3-16(10-14)19-9-8-18(15-6-7-15)12-13-4-5-13/h1-3,10,13,15H,4-9,11-12,17H2. The molecule has 0 spiro atoms. The molecule has 0 bridgehead atoms. The molecule has 2 aliphatic rings. The molecule has 19 heavy (non-hydrogen) atoms. The number of hydrogen-bond acceptors (Lipinski definition) is 3. The van der Waals surface area contributed by atoms with E-state index in [1.165, 1.54) is 32.2 Å². The lowest BCUT2D eigenvalue weighted by molar-refractivity contribution is 0.195. The van der Waals surface area contributed by atoms with E-state index >= 15 is 0 Å². The summed E-state index contributed by atoms with van der Waals surface area (Å²) in [5.41, 5.74) is 6.78. The summed E-state index contributed by atoms with van der Waals surface area (Å²) in [7, 11) is 0. The first-order chi connectivity index (χ1) is 9.35. The lowest BCUT2D eigenvalue weighted by Crippen LogP contribution is -2.32. The van der Waals surface area contributed by atoms with Crippen molar-refractivity contribution in [2.75, 3.05) is 19.7 Å². The highest BCUT2D eigenvalue weighted by atomic mass is 16.5. The Labute approximate surface area is 115 Å². The van der Waals surface area contributed by atoms with Crippen molar-refractivity contribution in [3.05, 3.63) is 29.8 Å². The molecule has 1 aromatic carbocycles. The third-order valence-corrected chi connectivity index (χ3v) is 4.03. The second kappa shape index (κ2) is 5.93. The zero-order chi connectivity index (χ0) is 13.1. The predicted octanol–water partition coefficient (Wildman–Crippen LogP) is 2.40. The second-order valence-corrected chi connectivity index (χ2v) is 5.87. The van der Waals surface area contributed by atoms with Gasteiger partial charge in [-0.2, -0.15) is 0 Å². The topological polar surface area (TPSA) is 38.5 Å². The average Bonchev–Trinajstić information content (AvgIpc) is 3.30.